The molecular weight excluding hydrogens is 228 g/mol. The molecule has 2 N–H and O–H groups in total. The van der Waals surface area contributed by atoms with Crippen LogP contribution < -0.4 is 10.6 Å². The summed E-state index contributed by atoms with van der Waals surface area (Å²) in [6.07, 6.45) is 5.74. The number of hydrogen-bond donors (Lipinski definition) is 2. The zero-order valence-corrected chi connectivity index (χ0v) is 11.6. The summed E-state index contributed by atoms with van der Waals surface area (Å²) in [6.45, 7) is 5.30. The first kappa shape index (κ1) is 13.8. The van der Waals surface area contributed by atoms with Gasteiger partial charge in [-0.05, 0) is 45.4 Å². The summed E-state index contributed by atoms with van der Waals surface area (Å²) in [4.78, 5) is 11.9. The molecule has 2 aliphatic heterocycles. The van der Waals surface area contributed by atoms with E-state index < -0.39 is 0 Å². The van der Waals surface area contributed by atoms with E-state index in [1.807, 2.05) is 13.8 Å². The summed E-state index contributed by atoms with van der Waals surface area (Å²) in [6, 6.07) is 1.34. The molecule has 0 spiro atoms. The van der Waals surface area contributed by atoms with Crippen molar-refractivity contribution >= 4 is 5.91 Å². The van der Waals surface area contributed by atoms with Gasteiger partial charge in [-0.3, -0.25) is 4.79 Å². The minimum absolute atomic E-state index is 0.114. The molecule has 0 aliphatic carbocycles. The van der Waals surface area contributed by atoms with Crippen molar-refractivity contribution in [3.63, 3.8) is 0 Å². The van der Waals surface area contributed by atoms with Gasteiger partial charge in [-0.25, -0.2) is 0 Å². The van der Waals surface area contributed by atoms with E-state index in [2.05, 4.69) is 10.6 Å². The van der Waals surface area contributed by atoms with E-state index in [0.29, 0.717) is 37.6 Å². The molecule has 0 saturated carbocycles. The standard InChI is InChI=1S/C14H26N2O2/c1-3-18-10(2)9-15-14(17)8-11-6-12-4-5-13(7-11)16-12/h10-13,16H,3-9H2,1-2H3,(H,15,17). The fraction of sp³-hybridized carbons (Fsp3) is 0.929. The lowest BCUT2D eigenvalue weighted by atomic mass is 9.89. The van der Waals surface area contributed by atoms with Gasteiger partial charge in [0.15, 0.2) is 0 Å². The fourth-order valence-electron chi connectivity index (χ4n) is 3.28. The first-order valence-electron chi connectivity index (χ1n) is 7.31. The van der Waals surface area contributed by atoms with Crippen molar-refractivity contribution in [2.45, 2.75) is 64.1 Å². The van der Waals surface area contributed by atoms with Crippen molar-refractivity contribution in [3.05, 3.63) is 0 Å². The molecule has 104 valence electrons. The molecule has 18 heavy (non-hydrogen) atoms. The topological polar surface area (TPSA) is 50.4 Å². The van der Waals surface area contributed by atoms with Crippen molar-refractivity contribution in [2.75, 3.05) is 13.2 Å². The van der Waals surface area contributed by atoms with Crippen molar-refractivity contribution in [2.24, 2.45) is 5.92 Å². The van der Waals surface area contributed by atoms with Crippen LogP contribution in [0.5, 0.6) is 0 Å². The van der Waals surface area contributed by atoms with E-state index >= 15 is 0 Å². The maximum absolute atomic E-state index is 11.9. The number of piperidine rings is 1. The van der Waals surface area contributed by atoms with Crippen molar-refractivity contribution in [3.8, 4) is 0 Å². The van der Waals surface area contributed by atoms with Crippen LogP contribution in [0.15, 0.2) is 0 Å². The molecular formula is C14H26N2O2. The maximum Gasteiger partial charge on any atom is 0.220 e. The highest BCUT2D eigenvalue weighted by molar-refractivity contribution is 5.76. The average Bonchev–Trinajstić information content (AvgIpc) is 2.67. The molecule has 2 heterocycles. The predicted molar refractivity (Wildman–Crippen MR) is 71.4 cm³/mol. The lowest BCUT2D eigenvalue weighted by Gasteiger charge is -2.28. The average molecular weight is 254 g/mol. The SMILES string of the molecule is CCOC(C)CNC(=O)CC1CC2CCC(C1)N2. The quantitative estimate of drug-likeness (QED) is 0.754. The molecule has 0 radical (unpaired) electrons. The van der Waals surface area contributed by atoms with Crippen molar-refractivity contribution < 1.29 is 9.53 Å². The van der Waals surface area contributed by atoms with Crippen LogP contribution in [0.25, 0.3) is 0 Å². The number of ether oxygens (including phenoxy) is 1. The Morgan fingerprint density at radius 1 is 1.39 bits per heavy atom. The Bertz CT molecular complexity index is 271. The zero-order valence-electron chi connectivity index (χ0n) is 11.6. The van der Waals surface area contributed by atoms with Gasteiger partial charge in [0.25, 0.3) is 0 Å². The van der Waals surface area contributed by atoms with Crippen molar-refractivity contribution in [1.82, 2.24) is 10.6 Å². The van der Waals surface area contributed by atoms with E-state index in [4.69, 9.17) is 4.74 Å². The van der Waals surface area contributed by atoms with Gasteiger partial charge >= 0.3 is 0 Å². The molecule has 0 aromatic heterocycles. The van der Waals surface area contributed by atoms with E-state index in [1.54, 1.807) is 0 Å². The van der Waals surface area contributed by atoms with Crippen LogP contribution in [-0.4, -0.2) is 37.2 Å². The van der Waals surface area contributed by atoms with Gasteiger partial charge in [-0.2, -0.15) is 0 Å². The summed E-state index contributed by atoms with van der Waals surface area (Å²) < 4.78 is 5.40. The molecule has 2 aliphatic rings. The number of amides is 1. The van der Waals surface area contributed by atoms with Crippen LogP contribution in [0, 0.1) is 5.92 Å². The van der Waals surface area contributed by atoms with Gasteiger partial charge in [-0.1, -0.05) is 0 Å². The molecule has 4 heteroatoms. The van der Waals surface area contributed by atoms with Gasteiger partial charge < -0.3 is 15.4 Å². The number of carbonyl (C=O) groups excluding carboxylic acids is 1. The highest BCUT2D eigenvalue weighted by Gasteiger charge is 2.34. The van der Waals surface area contributed by atoms with E-state index in [-0.39, 0.29) is 12.0 Å². The number of hydrogen-bond acceptors (Lipinski definition) is 3. The Morgan fingerprint density at radius 2 is 2.06 bits per heavy atom. The van der Waals surface area contributed by atoms with Gasteiger partial charge in [0.05, 0.1) is 6.10 Å². The summed E-state index contributed by atoms with van der Waals surface area (Å²) in [5.74, 6) is 0.763. The number of carbonyl (C=O) groups is 1. The summed E-state index contributed by atoms with van der Waals surface area (Å²) >= 11 is 0. The monoisotopic (exact) mass is 254 g/mol. The van der Waals surface area contributed by atoms with E-state index in [9.17, 15) is 4.79 Å². The smallest absolute Gasteiger partial charge is 0.220 e. The Kier molecular flexibility index (Phi) is 5.01. The van der Waals surface area contributed by atoms with E-state index in [0.717, 1.165) is 0 Å². The molecule has 2 rings (SSSR count). The predicted octanol–water partition coefficient (Wildman–Crippen LogP) is 1.45. The molecule has 3 atom stereocenters. The third kappa shape index (κ3) is 3.95. The van der Waals surface area contributed by atoms with Crippen LogP contribution in [0.1, 0.15) is 46.0 Å². The molecule has 4 nitrogen and oxygen atoms in total. The molecule has 1 amide bonds. The number of nitrogens with one attached hydrogen (secondary N) is 2. The number of fused-ring (bicyclic) bond motifs is 2. The van der Waals surface area contributed by atoms with Gasteiger partial charge in [0.2, 0.25) is 5.91 Å². The summed E-state index contributed by atoms with van der Waals surface area (Å²) in [5, 5.41) is 6.59. The second-order valence-electron chi connectivity index (χ2n) is 5.75. The zero-order chi connectivity index (χ0) is 13.0. The first-order valence-corrected chi connectivity index (χ1v) is 7.31. The van der Waals surface area contributed by atoms with Crippen LogP contribution in [0.3, 0.4) is 0 Å². The summed E-state index contributed by atoms with van der Waals surface area (Å²) in [7, 11) is 0. The Hall–Kier alpha value is -0.610. The van der Waals surface area contributed by atoms with Crippen LogP contribution in [0.2, 0.25) is 0 Å². The van der Waals surface area contributed by atoms with Gasteiger partial charge in [0.1, 0.15) is 0 Å². The fourth-order valence-corrected chi connectivity index (χ4v) is 3.28. The largest absolute Gasteiger partial charge is 0.377 e. The lowest BCUT2D eigenvalue weighted by Crippen LogP contribution is -2.40. The van der Waals surface area contributed by atoms with Gasteiger partial charge in [-0.15, -0.1) is 0 Å². The highest BCUT2D eigenvalue weighted by atomic mass is 16.5. The molecule has 2 bridgehead atoms. The second kappa shape index (κ2) is 6.53. The molecule has 2 saturated heterocycles. The van der Waals surface area contributed by atoms with Crippen molar-refractivity contribution in [1.29, 1.82) is 0 Å². The minimum Gasteiger partial charge on any atom is -0.377 e. The van der Waals surface area contributed by atoms with Crippen LogP contribution in [0.4, 0.5) is 0 Å². The minimum atomic E-state index is 0.114. The molecule has 3 unspecified atom stereocenters. The van der Waals surface area contributed by atoms with E-state index in [1.165, 1.54) is 25.7 Å². The Labute approximate surface area is 110 Å². The molecule has 0 aromatic carbocycles. The Morgan fingerprint density at radius 3 is 2.67 bits per heavy atom. The maximum atomic E-state index is 11.9. The molecule has 0 aromatic rings. The second-order valence-corrected chi connectivity index (χ2v) is 5.75. The third-order valence-corrected chi connectivity index (χ3v) is 4.08. The Balaban J connectivity index is 1.65. The van der Waals surface area contributed by atoms with Crippen LogP contribution in [-0.2, 0) is 9.53 Å². The third-order valence-electron chi connectivity index (χ3n) is 4.08. The van der Waals surface area contributed by atoms with Crippen LogP contribution >= 0.6 is 0 Å². The summed E-state index contributed by atoms with van der Waals surface area (Å²) in [5.41, 5.74) is 0. The van der Waals surface area contributed by atoms with Gasteiger partial charge in [0, 0.05) is 31.7 Å². The number of rotatable bonds is 6. The lowest BCUT2D eigenvalue weighted by molar-refractivity contribution is -0.122. The first-order chi connectivity index (χ1) is 8.67. The highest BCUT2D eigenvalue weighted by Crippen LogP contribution is 2.32. The molecule has 2 fully saturated rings. The normalized spacial score (nSPS) is 32.2.